The Kier molecular flexibility index (Phi) is 4.65. The van der Waals surface area contributed by atoms with E-state index in [9.17, 15) is 10.2 Å². The van der Waals surface area contributed by atoms with Crippen LogP contribution in [0.3, 0.4) is 0 Å². The summed E-state index contributed by atoms with van der Waals surface area (Å²) in [6.45, 7) is 5.15. The lowest BCUT2D eigenvalue weighted by molar-refractivity contribution is 0.0290. The van der Waals surface area contributed by atoms with Crippen LogP contribution in [0.1, 0.15) is 18.9 Å². The fraction of sp³-hybridized carbons (Fsp3) is 0.571. The van der Waals surface area contributed by atoms with Crippen LogP contribution in [-0.2, 0) is 6.42 Å². The Morgan fingerprint density at radius 2 is 2.22 bits per heavy atom. The predicted molar refractivity (Wildman–Crippen MR) is 75.7 cm³/mol. The van der Waals surface area contributed by atoms with Crippen LogP contribution in [0.5, 0.6) is 5.75 Å². The first-order chi connectivity index (χ1) is 8.60. The lowest BCUT2D eigenvalue weighted by atomic mass is 9.89. The zero-order chi connectivity index (χ0) is 13.1. The molecule has 0 spiro atoms. The number of hydrogen-bond acceptors (Lipinski definition) is 3. The van der Waals surface area contributed by atoms with E-state index in [4.69, 9.17) is 0 Å². The van der Waals surface area contributed by atoms with Crippen molar-refractivity contribution in [1.29, 1.82) is 0 Å². The molecule has 1 aliphatic heterocycles. The van der Waals surface area contributed by atoms with Gasteiger partial charge in [-0.1, -0.05) is 13.0 Å². The minimum Gasteiger partial charge on any atom is -0.507 e. The molecule has 18 heavy (non-hydrogen) atoms. The molecule has 2 unspecified atom stereocenters. The SMILES string of the molecule is CCN1CCC(O)C(Cc2ccc(O)c(Br)c2)C1. The number of aliphatic hydroxyl groups is 1. The standard InChI is InChI=1S/C14H20BrNO2/c1-2-16-6-5-13(17)11(9-16)7-10-3-4-14(18)12(15)8-10/h3-4,8,11,13,17-18H,2,5-7,9H2,1H3. The maximum Gasteiger partial charge on any atom is 0.129 e. The van der Waals surface area contributed by atoms with Crippen molar-refractivity contribution in [3.8, 4) is 5.75 Å². The molecule has 0 bridgehead atoms. The molecule has 1 heterocycles. The minimum atomic E-state index is -0.208. The molecule has 4 heteroatoms. The van der Waals surface area contributed by atoms with Crippen LogP contribution < -0.4 is 0 Å². The monoisotopic (exact) mass is 313 g/mol. The maximum absolute atomic E-state index is 10.1. The van der Waals surface area contributed by atoms with Crippen LogP contribution >= 0.6 is 15.9 Å². The van der Waals surface area contributed by atoms with Crippen LogP contribution in [0.2, 0.25) is 0 Å². The molecule has 2 N–H and O–H groups in total. The van der Waals surface area contributed by atoms with E-state index in [0.29, 0.717) is 0 Å². The summed E-state index contributed by atoms with van der Waals surface area (Å²) in [5.74, 6) is 0.549. The van der Waals surface area contributed by atoms with Gasteiger partial charge in [0.15, 0.2) is 0 Å². The third-order valence-electron chi connectivity index (χ3n) is 3.74. The predicted octanol–water partition coefficient (Wildman–Crippen LogP) is 2.40. The number of aliphatic hydroxyl groups excluding tert-OH is 1. The number of piperidine rings is 1. The number of likely N-dealkylation sites (tertiary alicyclic amines) is 1. The smallest absolute Gasteiger partial charge is 0.129 e. The first kappa shape index (κ1) is 13.8. The van der Waals surface area contributed by atoms with E-state index in [1.54, 1.807) is 6.07 Å². The first-order valence-corrected chi connectivity index (χ1v) is 7.27. The van der Waals surface area contributed by atoms with Crippen LogP contribution in [0.25, 0.3) is 0 Å². The molecule has 3 nitrogen and oxygen atoms in total. The largest absolute Gasteiger partial charge is 0.507 e. The summed E-state index contributed by atoms with van der Waals surface area (Å²) in [7, 11) is 0. The van der Waals surface area contributed by atoms with Gasteiger partial charge in [-0.25, -0.2) is 0 Å². The van der Waals surface area contributed by atoms with Gasteiger partial charge in [-0.05, 0) is 53.0 Å². The second-order valence-corrected chi connectivity index (χ2v) is 5.85. The molecule has 1 fully saturated rings. The van der Waals surface area contributed by atoms with E-state index < -0.39 is 0 Å². The Hall–Kier alpha value is -0.580. The molecule has 0 aliphatic carbocycles. The summed E-state index contributed by atoms with van der Waals surface area (Å²) < 4.78 is 0.720. The van der Waals surface area contributed by atoms with E-state index >= 15 is 0 Å². The summed E-state index contributed by atoms with van der Waals surface area (Å²) in [5, 5.41) is 19.6. The molecule has 2 rings (SSSR count). The van der Waals surface area contributed by atoms with E-state index in [-0.39, 0.29) is 17.8 Å². The van der Waals surface area contributed by atoms with Crippen molar-refractivity contribution >= 4 is 15.9 Å². The number of nitrogens with zero attached hydrogens (tertiary/aromatic N) is 1. The highest BCUT2D eigenvalue weighted by molar-refractivity contribution is 9.10. The highest BCUT2D eigenvalue weighted by atomic mass is 79.9. The van der Waals surface area contributed by atoms with Crippen molar-refractivity contribution in [1.82, 2.24) is 4.90 Å². The third kappa shape index (κ3) is 3.25. The van der Waals surface area contributed by atoms with Gasteiger partial charge in [-0.2, -0.15) is 0 Å². The van der Waals surface area contributed by atoms with E-state index in [1.165, 1.54) is 0 Å². The minimum absolute atomic E-state index is 0.208. The number of hydrogen-bond donors (Lipinski definition) is 2. The molecule has 0 radical (unpaired) electrons. The zero-order valence-electron chi connectivity index (χ0n) is 10.6. The Labute approximate surface area is 117 Å². The zero-order valence-corrected chi connectivity index (χ0v) is 12.2. The van der Waals surface area contributed by atoms with Crippen molar-refractivity contribution in [2.45, 2.75) is 25.9 Å². The van der Waals surface area contributed by atoms with Gasteiger partial charge in [0.1, 0.15) is 5.75 Å². The number of phenols is 1. The van der Waals surface area contributed by atoms with Crippen LogP contribution in [0.15, 0.2) is 22.7 Å². The second kappa shape index (κ2) is 6.04. The quantitative estimate of drug-likeness (QED) is 0.900. The summed E-state index contributed by atoms with van der Waals surface area (Å²) in [4.78, 5) is 2.38. The summed E-state index contributed by atoms with van der Waals surface area (Å²) in [6, 6.07) is 5.57. The summed E-state index contributed by atoms with van der Waals surface area (Å²) >= 11 is 3.33. The Morgan fingerprint density at radius 3 is 2.89 bits per heavy atom. The topological polar surface area (TPSA) is 43.7 Å². The van der Waals surface area contributed by atoms with Gasteiger partial charge in [0, 0.05) is 19.0 Å². The fourth-order valence-electron chi connectivity index (χ4n) is 2.56. The fourth-order valence-corrected chi connectivity index (χ4v) is 2.99. The molecule has 100 valence electrons. The molecule has 1 aromatic carbocycles. The molecule has 1 aromatic rings. The molecular weight excluding hydrogens is 294 g/mol. The Morgan fingerprint density at radius 1 is 1.44 bits per heavy atom. The van der Waals surface area contributed by atoms with Crippen molar-refractivity contribution in [2.24, 2.45) is 5.92 Å². The lowest BCUT2D eigenvalue weighted by Crippen LogP contribution is -2.43. The van der Waals surface area contributed by atoms with E-state index in [2.05, 4.69) is 27.8 Å². The lowest BCUT2D eigenvalue weighted by Gasteiger charge is -2.35. The highest BCUT2D eigenvalue weighted by Crippen LogP contribution is 2.27. The van der Waals surface area contributed by atoms with Crippen molar-refractivity contribution in [3.63, 3.8) is 0 Å². The highest BCUT2D eigenvalue weighted by Gasteiger charge is 2.27. The van der Waals surface area contributed by atoms with Crippen LogP contribution in [-0.4, -0.2) is 40.9 Å². The average Bonchev–Trinajstić information content (AvgIpc) is 2.36. The molecule has 0 amide bonds. The van der Waals surface area contributed by atoms with Gasteiger partial charge >= 0.3 is 0 Å². The van der Waals surface area contributed by atoms with Gasteiger partial charge in [0.25, 0.3) is 0 Å². The van der Waals surface area contributed by atoms with Gasteiger partial charge in [0.05, 0.1) is 10.6 Å². The normalized spacial score (nSPS) is 25.3. The molecule has 0 aromatic heterocycles. The van der Waals surface area contributed by atoms with E-state index in [0.717, 1.165) is 42.5 Å². The summed E-state index contributed by atoms with van der Waals surface area (Å²) in [6.07, 6.45) is 1.51. The molecular formula is C14H20BrNO2. The number of aromatic hydroxyl groups is 1. The summed E-state index contributed by atoms with van der Waals surface area (Å²) in [5.41, 5.74) is 1.15. The molecule has 0 saturated carbocycles. The number of rotatable bonds is 3. The van der Waals surface area contributed by atoms with E-state index in [1.807, 2.05) is 12.1 Å². The average molecular weight is 314 g/mol. The molecule has 2 atom stereocenters. The number of benzene rings is 1. The Balaban J connectivity index is 2.04. The van der Waals surface area contributed by atoms with Crippen LogP contribution in [0, 0.1) is 5.92 Å². The van der Waals surface area contributed by atoms with Gasteiger partial charge < -0.3 is 15.1 Å². The third-order valence-corrected chi connectivity index (χ3v) is 4.37. The van der Waals surface area contributed by atoms with Gasteiger partial charge in [-0.15, -0.1) is 0 Å². The van der Waals surface area contributed by atoms with Gasteiger partial charge in [0.2, 0.25) is 0 Å². The van der Waals surface area contributed by atoms with Gasteiger partial charge in [-0.3, -0.25) is 0 Å². The van der Waals surface area contributed by atoms with Crippen molar-refractivity contribution in [2.75, 3.05) is 19.6 Å². The van der Waals surface area contributed by atoms with Crippen molar-refractivity contribution in [3.05, 3.63) is 28.2 Å². The van der Waals surface area contributed by atoms with Crippen molar-refractivity contribution < 1.29 is 10.2 Å². The number of phenolic OH excluding ortho intramolecular Hbond substituents is 1. The first-order valence-electron chi connectivity index (χ1n) is 6.48. The maximum atomic E-state index is 10.1. The molecule has 1 aliphatic rings. The van der Waals surface area contributed by atoms with Crippen LogP contribution in [0.4, 0.5) is 0 Å². The Bertz CT molecular complexity index is 411. The number of halogens is 1. The second-order valence-electron chi connectivity index (χ2n) is 5.00. The molecule has 1 saturated heterocycles.